The number of carbonyl (C=O) groups excluding carboxylic acids is 1. The average Bonchev–Trinajstić information content (AvgIpc) is 2.67. The monoisotopic (exact) mass is 390 g/mol. The molecule has 0 aliphatic carbocycles. The maximum Gasteiger partial charge on any atom is 0.204 e. The van der Waals surface area contributed by atoms with Crippen molar-refractivity contribution in [3.8, 4) is 17.2 Å². The lowest BCUT2D eigenvalue weighted by Gasteiger charge is -2.16. The molecule has 2 rings (SSSR count). The van der Waals surface area contributed by atoms with Gasteiger partial charge in [-0.15, -0.1) is 0 Å². The molecule has 2 aromatic carbocycles. The number of nitrogen functional groups attached to an aromatic ring is 1. The molecule has 0 bridgehead atoms. The summed E-state index contributed by atoms with van der Waals surface area (Å²) in [5.74, 6) is 0.809. The number of hydrogen-bond acceptors (Lipinski definition) is 6. The van der Waals surface area contributed by atoms with Crippen molar-refractivity contribution in [1.82, 2.24) is 0 Å². The summed E-state index contributed by atoms with van der Waals surface area (Å²) in [4.78, 5) is 14.7. The molecule has 0 aliphatic rings. The Morgan fingerprint density at radius 1 is 1.04 bits per heavy atom. The first-order valence-corrected chi connectivity index (χ1v) is 8.48. The van der Waals surface area contributed by atoms with Crippen LogP contribution in [0.5, 0.6) is 17.2 Å². The lowest BCUT2D eigenvalue weighted by atomic mass is 10.1. The predicted molar refractivity (Wildman–Crippen MR) is 109 cm³/mol. The average molecular weight is 391 g/mol. The number of carbonyl (C=O) groups is 1. The number of anilines is 2. The quantitative estimate of drug-likeness (QED) is 0.440. The van der Waals surface area contributed by atoms with Gasteiger partial charge in [0.1, 0.15) is 0 Å². The SMILES string of the molecule is COc1cc(C(=O)C(Cl)=Cc2ccc(N)c(N(C)C)c2)cc(OC)c1OC. The van der Waals surface area contributed by atoms with E-state index in [2.05, 4.69) is 0 Å². The van der Waals surface area contributed by atoms with Gasteiger partial charge in [0.15, 0.2) is 11.5 Å². The number of ether oxygens (including phenoxy) is 3. The van der Waals surface area contributed by atoms with E-state index in [1.807, 2.05) is 25.1 Å². The predicted octanol–water partition coefficient (Wildman–Crippen LogP) is 3.82. The third-order valence-corrected chi connectivity index (χ3v) is 4.25. The highest BCUT2D eigenvalue weighted by atomic mass is 35.5. The van der Waals surface area contributed by atoms with Gasteiger partial charge in [0.25, 0.3) is 0 Å². The van der Waals surface area contributed by atoms with Crippen LogP contribution in [0.25, 0.3) is 6.08 Å². The Kier molecular flexibility index (Phi) is 6.58. The van der Waals surface area contributed by atoms with Crippen LogP contribution in [0, 0.1) is 0 Å². The topological polar surface area (TPSA) is 74.0 Å². The van der Waals surface area contributed by atoms with Crippen LogP contribution in [-0.2, 0) is 0 Å². The van der Waals surface area contributed by atoms with Crippen LogP contribution in [0.4, 0.5) is 11.4 Å². The van der Waals surface area contributed by atoms with Gasteiger partial charge in [-0.25, -0.2) is 0 Å². The molecule has 0 saturated heterocycles. The highest BCUT2D eigenvalue weighted by Crippen LogP contribution is 2.39. The van der Waals surface area contributed by atoms with E-state index < -0.39 is 0 Å². The summed E-state index contributed by atoms with van der Waals surface area (Å²) in [6.45, 7) is 0. The fourth-order valence-corrected chi connectivity index (χ4v) is 2.83. The molecule has 144 valence electrons. The number of methoxy groups -OCH3 is 3. The molecule has 2 N–H and O–H groups in total. The molecule has 0 aliphatic heterocycles. The van der Waals surface area contributed by atoms with Gasteiger partial charge in [0, 0.05) is 19.7 Å². The summed E-state index contributed by atoms with van der Waals surface area (Å²) in [5.41, 5.74) is 8.54. The minimum atomic E-state index is -0.362. The van der Waals surface area contributed by atoms with Gasteiger partial charge in [0.05, 0.1) is 37.7 Å². The van der Waals surface area contributed by atoms with Gasteiger partial charge in [-0.1, -0.05) is 17.7 Å². The number of benzene rings is 2. The van der Waals surface area contributed by atoms with E-state index in [0.717, 1.165) is 11.3 Å². The zero-order valence-electron chi connectivity index (χ0n) is 16.0. The van der Waals surface area contributed by atoms with Crippen molar-refractivity contribution in [1.29, 1.82) is 0 Å². The van der Waals surface area contributed by atoms with Crippen LogP contribution < -0.4 is 24.8 Å². The number of Topliss-reactive ketones (excluding diaryl/α,β-unsaturated/α-hetero) is 1. The Bertz CT molecular complexity index is 853. The first-order valence-electron chi connectivity index (χ1n) is 8.11. The molecule has 0 saturated carbocycles. The van der Waals surface area contributed by atoms with Crippen LogP contribution >= 0.6 is 11.6 Å². The number of ketones is 1. The van der Waals surface area contributed by atoms with Crippen molar-refractivity contribution < 1.29 is 19.0 Å². The Balaban J connectivity index is 2.43. The fraction of sp³-hybridized carbons (Fsp3) is 0.250. The molecule has 0 amide bonds. The van der Waals surface area contributed by atoms with Crippen molar-refractivity contribution in [3.05, 3.63) is 46.5 Å². The largest absolute Gasteiger partial charge is 0.493 e. The van der Waals surface area contributed by atoms with Gasteiger partial charge < -0.3 is 24.8 Å². The zero-order valence-corrected chi connectivity index (χ0v) is 16.8. The molecular formula is C20H23ClN2O4. The molecule has 0 radical (unpaired) electrons. The molecule has 0 unspecified atom stereocenters. The lowest BCUT2D eigenvalue weighted by Crippen LogP contribution is -2.11. The van der Waals surface area contributed by atoms with Crippen LogP contribution in [0.15, 0.2) is 35.4 Å². The Morgan fingerprint density at radius 2 is 1.63 bits per heavy atom. The first-order chi connectivity index (χ1) is 12.8. The van der Waals surface area contributed by atoms with Gasteiger partial charge in [0.2, 0.25) is 11.5 Å². The van der Waals surface area contributed by atoms with E-state index in [1.165, 1.54) is 21.3 Å². The van der Waals surface area contributed by atoms with Gasteiger partial charge in [-0.2, -0.15) is 0 Å². The van der Waals surface area contributed by atoms with Crippen molar-refractivity contribution in [3.63, 3.8) is 0 Å². The maximum absolute atomic E-state index is 12.8. The summed E-state index contributed by atoms with van der Waals surface area (Å²) < 4.78 is 15.8. The Morgan fingerprint density at radius 3 is 2.11 bits per heavy atom. The standard InChI is InChI=1S/C20H23ClN2O4/c1-23(2)16-9-12(6-7-15(16)22)8-14(21)19(24)13-10-17(25-3)20(27-5)18(11-13)26-4/h6-11H,22H2,1-5H3. The minimum absolute atomic E-state index is 0.0544. The highest BCUT2D eigenvalue weighted by Gasteiger charge is 2.19. The third-order valence-electron chi connectivity index (χ3n) is 3.97. The van der Waals surface area contributed by atoms with Crippen molar-refractivity contribution in [2.24, 2.45) is 0 Å². The van der Waals surface area contributed by atoms with Gasteiger partial charge in [-0.3, -0.25) is 4.79 Å². The Hall–Kier alpha value is -2.86. The van der Waals surface area contributed by atoms with E-state index >= 15 is 0 Å². The van der Waals surface area contributed by atoms with Crippen molar-refractivity contribution >= 4 is 34.8 Å². The summed E-state index contributed by atoms with van der Waals surface area (Å²) in [6, 6.07) is 8.56. The summed E-state index contributed by atoms with van der Waals surface area (Å²) in [6.07, 6.45) is 1.60. The number of hydrogen-bond donors (Lipinski definition) is 1. The number of allylic oxidation sites excluding steroid dienone is 1. The van der Waals surface area contributed by atoms with E-state index in [4.69, 9.17) is 31.5 Å². The minimum Gasteiger partial charge on any atom is -0.493 e. The van der Waals surface area contributed by atoms with Gasteiger partial charge in [-0.05, 0) is 35.9 Å². The summed E-state index contributed by atoms with van der Waals surface area (Å²) >= 11 is 6.29. The molecule has 0 heterocycles. The lowest BCUT2D eigenvalue weighted by molar-refractivity contribution is 0.104. The summed E-state index contributed by atoms with van der Waals surface area (Å²) in [5, 5.41) is 0.0544. The number of nitrogens with zero attached hydrogens (tertiary/aromatic N) is 1. The van der Waals surface area contributed by atoms with Crippen molar-refractivity contribution in [2.75, 3.05) is 46.1 Å². The third kappa shape index (κ3) is 4.46. The van der Waals surface area contributed by atoms with Gasteiger partial charge >= 0.3 is 0 Å². The van der Waals surface area contributed by atoms with Crippen molar-refractivity contribution in [2.45, 2.75) is 0 Å². The number of nitrogens with two attached hydrogens (primary N) is 1. The molecule has 7 heteroatoms. The summed E-state index contributed by atoms with van der Waals surface area (Å²) in [7, 11) is 8.25. The molecule has 6 nitrogen and oxygen atoms in total. The normalized spacial score (nSPS) is 11.1. The fourth-order valence-electron chi connectivity index (χ4n) is 2.60. The van der Waals surface area contributed by atoms with E-state index in [9.17, 15) is 4.79 Å². The molecule has 0 atom stereocenters. The van der Waals surface area contributed by atoms with E-state index in [0.29, 0.717) is 28.5 Å². The molecule has 0 spiro atoms. The smallest absolute Gasteiger partial charge is 0.204 e. The maximum atomic E-state index is 12.8. The molecular weight excluding hydrogens is 368 g/mol. The zero-order chi connectivity index (χ0) is 20.1. The van der Waals surface area contributed by atoms with Crippen LogP contribution in [0.2, 0.25) is 0 Å². The van der Waals surface area contributed by atoms with Crippen LogP contribution in [0.3, 0.4) is 0 Å². The van der Waals surface area contributed by atoms with Crippen LogP contribution in [0.1, 0.15) is 15.9 Å². The second-order valence-corrected chi connectivity index (χ2v) is 6.36. The Labute approximate surface area is 164 Å². The highest BCUT2D eigenvalue weighted by molar-refractivity contribution is 6.47. The molecule has 0 fully saturated rings. The number of halogens is 1. The molecule has 0 aromatic heterocycles. The second kappa shape index (κ2) is 8.68. The second-order valence-electron chi connectivity index (χ2n) is 5.95. The van der Waals surface area contributed by atoms with E-state index in [-0.39, 0.29) is 10.8 Å². The van der Waals surface area contributed by atoms with E-state index in [1.54, 1.807) is 30.3 Å². The number of rotatable bonds is 7. The molecule has 2 aromatic rings. The first kappa shape index (κ1) is 20.5. The van der Waals surface area contributed by atoms with Crippen LogP contribution in [-0.4, -0.2) is 41.2 Å². The molecule has 27 heavy (non-hydrogen) atoms.